The first-order valence-electron chi connectivity index (χ1n) is 15.3. The molecule has 0 unspecified atom stereocenters. The van der Waals surface area contributed by atoms with Gasteiger partial charge < -0.3 is 42.8 Å². The first kappa shape index (κ1) is 30.5. The fraction of sp³-hybridized carbons (Fsp3) is 0.529. The normalized spacial score (nSPS) is 32.2. The molecule has 7 rings (SSSR count). The van der Waals surface area contributed by atoms with Gasteiger partial charge in [-0.25, -0.2) is 4.79 Å². The van der Waals surface area contributed by atoms with Crippen molar-refractivity contribution in [2.75, 3.05) is 67.8 Å². The number of anilines is 1. The van der Waals surface area contributed by atoms with Crippen LogP contribution in [0, 0.1) is 11.3 Å². The number of rotatable bonds is 9. The van der Waals surface area contributed by atoms with E-state index in [1.807, 2.05) is 26.1 Å². The molecule has 2 aromatic carbocycles. The van der Waals surface area contributed by atoms with Crippen LogP contribution in [-0.4, -0.2) is 97.7 Å². The fourth-order valence-corrected chi connectivity index (χ4v) is 9.58. The maximum atomic E-state index is 14.7. The molecule has 1 spiro atoms. The average molecular weight is 637 g/mol. The van der Waals surface area contributed by atoms with Gasteiger partial charge in [0.15, 0.2) is 28.7 Å². The Labute approximate surface area is 268 Å². The van der Waals surface area contributed by atoms with Crippen molar-refractivity contribution in [2.45, 2.75) is 43.2 Å². The Kier molecular flexibility index (Phi) is 6.91. The Hall–Kier alpha value is -4.16. The van der Waals surface area contributed by atoms with E-state index >= 15 is 0 Å². The van der Waals surface area contributed by atoms with Crippen LogP contribution in [0.25, 0.3) is 0 Å². The lowest BCUT2D eigenvalue weighted by Gasteiger charge is -2.65. The third-order valence-electron chi connectivity index (χ3n) is 11.3. The highest BCUT2D eigenvalue weighted by atomic mass is 16.6. The largest absolute Gasteiger partial charge is 0.493 e. The molecule has 12 nitrogen and oxygen atoms in total. The topological polar surface area (TPSA) is 114 Å². The smallest absolute Gasteiger partial charge is 0.338 e. The van der Waals surface area contributed by atoms with Crippen LogP contribution >= 0.6 is 0 Å². The van der Waals surface area contributed by atoms with Gasteiger partial charge in [-0.3, -0.25) is 9.69 Å². The molecule has 1 aliphatic carbocycles. The number of carbonyl (C=O) groups excluding carboxylic acids is 2. The number of fused-ring (bicyclic) bond motifs is 4. The average Bonchev–Trinajstić information content (AvgIpc) is 3.70. The SMILES string of the molecule is CC=C1CN2[C@@H]3C[C@@]45c6cc(OC)c(OC)cc6N(C)[C@]4(O3)[C@@H]2C[C@H]1[C@]5(COC(=O)c1cc(OC)c(OC)c(OC)c1)C(=O)OC. The van der Waals surface area contributed by atoms with Gasteiger partial charge in [-0.1, -0.05) is 11.6 Å². The number of methoxy groups -OCH3 is 6. The maximum absolute atomic E-state index is 14.7. The summed E-state index contributed by atoms with van der Waals surface area (Å²) in [4.78, 5) is 33.3. The van der Waals surface area contributed by atoms with Crippen LogP contribution in [0.15, 0.2) is 35.9 Å². The second-order valence-electron chi connectivity index (χ2n) is 12.5. The molecule has 4 aliphatic heterocycles. The van der Waals surface area contributed by atoms with E-state index in [9.17, 15) is 9.59 Å². The molecule has 4 bridgehead atoms. The van der Waals surface area contributed by atoms with Crippen molar-refractivity contribution in [3.05, 3.63) is 47.0 Å². The van der Waals surface area contributed by atoms with E-state index in [1.165, 1.54) is 40.6 Å². The van der Waals surface area contributed by atoms with E-state index < -0.39 is 28.5 Å². The van der Waals surface area contributed by atoms with Crippen molar-refractivity contribution in [3.8, 4) is 28.7 Å². The zero-order valence-electron chi connectivity index (χ0n) is 27.4. The summed E-state index contributed by atoms with van der Waals surface area (Å²) >= 11 is 0. The molecular weight excluding hydrogens is 596 g/mol. The minimum atomic E-state index is -1.35. The molecule has 46 heavy (non-hydrogen) atoms. The van der Waals surface area contributed by atoms with Gasteiger partial charge in [0.1, 0.15) is 18.2 Å². The standard InChI is InChI=1S/C34H40N2O10/c1-9-18-16-36-27-13-20(18)32(31(38)44-8,17-45-30(37)19-10-25(41-5)29(43-7)26(11-19)42-6)33-15-28(36)46-34(27,33)35(2)22-14-24(40-4)23(39-3)12-21(22)33/h9-12,14,20,27-28H,13,15-17H2,1-8H3/t20-,27+,28+,32-,33+,34+/m1/s1. The summed E-state index contributed by atoms with van der Waals surface area (Å²) in [7, 11) is 11.0. The highest BCUT2D eigenvalue weighted by Crippen LogP contribution is 2.78. The summed E-state index contributed by atoms with van der Waals surface area (Å²) in [6, 6.07) is 6.97. The summed E-state index contributed by atoms with van der Waals surface area (Å²) in [5.74, 6) is 0.702. The van der Waals surface area contributed by atoms with Gasteiger partial charge in [-0.05, 0) is 37.1 Å². The number of hydrogen-bond acceptors (Lipinski definition) is 12. The van der Waals surface area contributed by atoms with Crippen molar-refractivity contribution in [2.24, 2.45) is 11.3 Å². The number of carbonyl (C=O) groups is 2. The highest BCUT2D eigenvalue weighted by Gasteiger charge is 2.88. The van der Waals surface area contributed by atoms with Gasteiger partial charge in [0, 0.05) is 37.7 Å². The molecule has 0 radical (unpaired) electrons. The number of benzene rings is 2. The molecule has 12 heteroatoms. The van der Waals surface area contributed by atoms with Crippen LogP contribution in [0.4, 0.5) is 5.69 Å². The molecule has 3 saturated heterocycles. The Morgan fingerprint density at radius 3 is 2.17 bits per heavy atom. The summed E-state index contributed by atoms with van der Waals surface area (Å²) in [6.07, 6.45) is 2.96. The number of nitrogens with zero attached hydrogens (tertiary/aromatic N) is 2. The molecule has 2 aromatic rings. The fourth-order valence-electron chi connectivity index (χ4n) is 9.58. The van der Waals surface area contributed by atoms with Crippen molar-refractivity contribution in [3.63, 3.8) is 0 Å². The highest BCUT2D eigenvalue weighted by molar-refractivity contribution is 5.92. The Bertz CT molecular complexity index is 1630. The molecule has 4 fully saturated rings. The third kappa shape index (κ3) is 3.36. The Balaban J connectivity index is 1.43. The lowest BCUT2D eigenvalue weighted by atomic mass is 9.42. The Morgan fingerprint density at radius 1 is 0.935 bits per heavy atom. The number of piperidine rings is 2. The molecule has 6 atom stereocenters. The third-order valence-corrected chi connectivity index (χ3v) is 11.3. The first-order valence-corrected chi connectivity index (χ1v) is 15.3. The monoisotopic (exact) mass is 636 g/mol. The van der Waals surface area contributed by atoms with E-state index in [4.69, 9.17) is 37.9 Å². The summed E-state index contributed by atoms with van der Waals surface area (Å²) < 4.78 is 47.0. The van der Waals surface area contributed by atoms with Gasteiger partial charge in [-0.15, -0.1) is 0 Å². The van der Waals surface area contributed by atoms with Gasteiger partial charge >= 0.3 is 11.9 Å². The number of esters is 2. The van der Waals surface area contributed by atoms with Crippen LogP contribution in [0.1, 0.15) is 35.7 Å². The van der Waals surface area contributed by atoms with E-state index in [0.29, 0.717) is 48.1 Å². The second kappa shape index (κ2) is 10.4. The Morgan fingerprint density at radius 2 is 1.59 bits per heavy atom. The predicted molar refractivity (Wildman–Crippen MR) is 165 cm³/mol. The lowest BCUT2D eigenvalue weighted by molar-refractivity contribution is -0.194. The summed E-state index contributed by atoms with van der Waals surface area (Å²) in [5, 5.41) is 0. The zero-order chi connectivity index (χ0) is 32.8. The van der Waals surface area contributed by atoms with Crippen LogP contribution < -0.4 is 28.6 Å². The van der Waals surface area contributed by atoms with E-state index in [1.54, 1.807) is 14.2 Å². The van der Waals surface area contributed by atoms with Crippen molar-refractivity contribution < 1.29 is 47.5 Å². The number of likely N-dealkylation sites (N-methyl/N-ethyl adjacent to an activating group) is 1. The maximum Gasteiger partial charge on any atom is 0.338 e. The van der Waals surface area contributed by atoms with Crippen molar-refractivity contribution >= 4 is 17.6 Å². The van der Waals surface area contributed by atoms with E-state index in [0.717, 1.165) is 16.8 Å². The quantitative estimate of drug-likeness (QED) is 0.296. The van der Waals surface area contributed by atoms with Gasteiger partial charge in [0.05, 0.1) is 59.7 Å². The van der Waals surface area contributed by atoms with Gasteiger partial charge in [0.2, 0.25) is 5.75 Å². The van der Waals surface area contributed by atoms with E-state index in [2.05, 4.69) is 15.9 Å². The number of allylic oxidation sites excluding steroid dienone is 1. The minimum absolute atomic E-state index is 0.0158. The van der Waals surface area contributed by atoms with Crippen LogP contribution in [0.5, 0.6) is 28.7 Å². The molecule has 5 aliphatic rings. The van der Waals surface area contributed by atoms with Gasteiger partial charge in [0.25, 0.3) is 0 Å². The number of ether oxygens (including phenoxy) is 8. The first-order chi connectivity index (χ1) is 22.2. The molecule has 0 N–H and O–H groups in total. The zero-order valence-corrected chi connectivity index (χ0v) is 27.4. The molecule has 246 valence electrons. The van der Waals surface area contributed by atoms with Crippen LogP contribution in [0.3, 0.4) is 0 Å². The van der Waals surface area contributed by atoms with E-state index in [-0.39, 0.29) is 30.4 Å². The van der Waals surface area contributed by atoms with Crippen molar-refractivity contribution in [1.82, 2.24) is 4.90 Å². The lowest BCUT2D eigenvalue weighted by Crippen LogP contribution is -2.80. The van der Waals surface area contributed by atoms with Crippen molar-refractivity contribution in [1.29, 1.82) is 0 Å². The molecular formula is C34H40N2O10. The second-order valence-corrected chi connectivity index (χ2v) is 12.5. The predicted octanol–water partition coefficient (Wildman–Crippen LogP) is 3.54. The summed E-state index contributed by atoms with van der Waals surface area (Å²) in [5.41, 5.74) is -0.207. The molecule has 0 amide bonds. The molecule has 0 aromatic heterocycles. The number of hydrogen-bond donors (Lipinski definition) is 0. The minimum Gasteiger partial charge on any atom is -0.493 e. The van der Waals surface area contributed by atoms with Crippen LogP contribution in [0.2, 0.25) is 0 Å². The van der Waals surface area contributed by atoms with Crippen LogP contribution in [-0.2, 0) is 24.4 Å². The molecule has 1 saturated carbocycles. The van der Waals surface area contributed by atoms with Gasteiger partial charge in [-0.2, -0.15) is 0 Å². The summed E-state index contributed by atoms with van der Waals surface area (Å²) in [6.45, 7) is 2.39. The molecule has 4 heterocycles.